The third kappa shape index (κ3) is 49.1. The highest BCUT2D eigenvalue weighted by atomic mass is 32.2. The second-order valence-corrected chi connectivity index (χ2v) is 21.6. The van der Waals surface area contributed by atoms with Gasteiger partial charge in [-0.15, -0.1) is 0 Å². The van der Waals surface area contributed by atoms with E-state index in [0.717, 1.165) is 38.5 Å². The summed E-state index contributed by atoms with van der Waals surface area (Å²) in [5, 5.41) is 39.0. The molecule has 0 bridgehead atoms. The second-order valence-electron chi connectivity index (χ2n) is 20.4. The van der Waals surface area contributed by atoms with Gasteiger partial charge in [0.15, 0.2) is 6.10 Å². The van der Waals surface area contributed by atoms with E-state index in [1.807, 2.05) is 0 Å². The molecule has 0 rings (SSSR count). The van der Waals surface area contributed by atoms with Crippen molar-refractivity contribution >= 4 is 53.7 Å². The number of amides is 4. The number of thioether (sulfide) groups is 1. The fraction of sp³-hybridized carbons (Fsp3) is 0.877. The largest absolute Gasteiger partial charge is 0.481 e. The van der Waals surface area contributed by atoms with Gasteiger partial charge in [0, 0.05) is 56.8 Å². The fourth-order valence-corrected chi connectivity index (χ4v) is 9.90. The van der Waals surface area contributed by atoms with Gasteiger partial charge in [0.1, 0.15) is 6.61 Å². The number of nitrogens with one attached hydrogen (secondary N) is 4. The summed E-state index contributed by atoms with van der Waals surface area (Å²) in [5.41, 5.74) is 0. The Balaban J connectivity index is 4.64. The van der Waals surface area contributed by atoms with Gasteiger partial charge in [0.05, 0.1) is 12.5 Å². The van der Waals surface area contributed by atoms with Crippen molar-refractivity contribution in [3.05, 3.63) is 0 Å². The van der Waals surface area contributed by atoms with E-state index in [9.17, 15) is 38.7 Å². The number of carboxylic acid groups (broad SMARTS) is 3. The van der Waals surface area contributed by atoms with E-state index in [2.05, 4.69) is 35.1 Å². The van der Waals surface area contributed by atoms with Crippen molar-refractivity contribution < 1.29 is 58.4 Å². The zero-order chi connectivity index (χ0) is 54.5. The molecule has 0 aromatic rings. The van der Waals surface area contributed by atoms with Crippen LogP contribution in [0.3, 0.4) is 0 Å². The van der Waals surface area contributed by atoms with Crippen molar-refractivity contribution in [2.24, 2.45) is 11.8 Å². The van der Waals surface area contributed by atoms with Gasteiger partial charge in [0.25, 0.3) is 0 Å². The van der Waals surface area contributed by atoms with Gasteiger partial charge >= 0.3 is 30.1 Å². The molecule has 0 fully saturated rings. The Morgan fingerprint density at radius 3 is 1.18 bits per heavy atom. The standard InChI is InChI=1S/C57H106N4O12S/c1-3-5-7-9-11-13-15-17-19-21-23-25-27-29-31-41-59-56(70)72-47-49(73-57(71)60-42-32-30-28-26-24-22-20-18-16-14-12-10-8-6-4-2)46-61-52(63)40-45-74-44-39-51(62)58-43-33-34-50(55(68)69)48(35-37-53(64)65)36-38-54(66)67/h48-50H,3-47H2,1-2H3,(H,58,62)(H,59,70)(H,60,71)(H,61,63)(H,64,65)(H,66,67)(H,68,69). The van der Waals surface area contributed by atoms with Gasteiger partial charge < -0.3 is 46.1 Å². The lowest BCUT2D eigenvalue weighted by Gasteiger charge is -2.23. The normalized spacial score (nSPS) is 12.0. The van der Waals surface area contributed by atoms with Crippen molar-refractivity contribution in [1.29, 1.82) is 0 Å². The summed E-state index contributed by atoms with van der Waals surface area (Å²) in [4.78, 5) is 84.7. The number of rotatable bonds is 55. The number of aliphatic carboxylic acids is 3. The van der Waals surface area contributed by atoms with Crippen LogP contribution in [-0.4, -0.2) is 108 Å². The molecule has 0 aliphatic carbocycles. The van der Waals surface area contributed by atoms with Crippen molar-refractivity contribution in [2.75, 3.05) is 44.3 Å². The van der Waals surface area contributed by atoms with Crippen LogP contribution in [0.1, 0.15) is 258 Å². The minimum Gasteiger partial charge on any atom is -0.481 e. The summed E-state index contributed by atoms with van der Waals surface area (Å²) >= 11 is 1.41. The topological polar surface area (TPSA) is 247 Å². The van der Waals surface area contributed by atoms with Crippen LogP contribution in [0.25, 0.3) is 0 Å². The number of carboxylic acids is 3. The highest BCUT2D eigenvalue weighted by molar-refractivity contribution is 7.99. The van der Waals surface area contributed by atoms with Crippen LogP contribution in [0.2, 0.25) is 0 Å². The van der Waals surface area contributed by atoms with E-state index in [1.54, 1.807) is 0 Å². The van der Waals surface area contributed by atoms with Gasteiger partial charge in [-0.05, 0) is 44.4 Å². The first-order chi connectivity index (χ1) is 35.9. The first kappa shape index (κ1) is 70.2. The van der Waals surface area contributed by atoms with Crippen LogP contribution in [-0.2, 0) is 33.4 Å². The van der Waals surface area contributed by atoms with Crippen LogP contribution >= 0.6 is 11.8 Å². The maximum absolute atomic E-state index is 12.8. The minimum absolute atomic E-state index is 0.0484. The van der Waals surface area contributed by atoms with E-state index >= 15 is 0 Å². The molecule has 0 saturated carbocycles. The molecule has 0 aromatic carbocycles. The minimum atomic E-state index is -1.12. The van der Waals surface area contributed by atoms with E-state index in [1.165, 1.54) is 166 Å². The molecule has 0 saturated heterocycles. The third-order valence-electron chi connectivity index (χ3n) is 13.6. The Kier molecular flexibility index (Phi) is 50.0. The van der Waals surface area contributed by atoms with Crippen LogP contribution in [0.15, 0.2) is 0 Å². The number of ether oxygens (including phenoxy) is 2. The van der Waals surface area contributed by atoms with Crippen molar-refractivity contribution in [1.82, 2.24) is 21.3 Å². The molecular formula is C57H106N4O12S. The molecule has 0 aromatic heterocycles. The molecule has 2 atom stereocenters. The molecule has 0 radical (unpaired) electrons. The summed E-state index contributed by atoms with van der Waals surface area (Å²) in [5.74, 6) is -4.48. The van der Waals surface area contributed by atoms with Crippen molar-refractivity contribution in [3.63, 3.8) is 0 Å². The lowest BCUT2D eigenvalue weighted by atomic mass is 9.82. The van der Waals surface area contributed by atoms with Gasteiger partial charge in [0.2, 0.25) is 11.8 Å². The molecule has 7 N–H and O–H groups in total. The summed E-state index contributed by atoms with van der Waals surface area (Å²) in [6.45, 7) is 5.39. The lowest BCUT2D eigenvalue weighted by Crippen LogP contribution is -2.41. The SMILES string of the molecule is CCCCCCCCCCCCCCCCCNC(=O)OCC(CNC(=O)CCSCCC(=O)NCCCC(C(=O)O)C(CCC(=O)O)CCC(=O)O)OC(=O)NCCCCCCCCCCCCCCCCC. The predicted octanol–water partition coefficient (Wildman–Crippen LogP) is 13.1. The average Bonchev–Trinajstić information content (AvgIpc) is 3.36. The quantitative estimate of drug-likeness (QED) is 0.0281. The second kappa shape index (κ2) is 52.7. The molecule has 432 valence electrons. The number of carbonyl (C=O) groups excluding carboxylic acids is 4. The average molecular weight is 1070 g/mol. The summed E-state index contributed by atoms with van der Waals surface area (Å²) in [6.07, 6.45) is 35.9. The Morgan fingerprint density at radius 2 is 0.784 bits per heavy atom. The predicted molar refractivity (Wildman–Crippen MR) is 298 cm³/mol. The van der Waals surface area contributed by atoms with Crippen LogP contribution in [0.5, 0.6) is 0 Å². The maximum atomic E-state index is 12.8. The number of hydrogen-bond acceptors (Lipinski definition) is 10. The van der Waals surface area contributed by atoms with E-state index in [4.69, 9.17) is 19.7 Å². The third-order valence-corrected chi connectivity index (χ3v) is 14.6. The van der Waals surface area contributed by atoms with Crippen LogP contribution < -0.4 is 21.3 Å². The highest BCUT2D eigenvalue weighted by Crippen LogP contribution is 2.28. The van der Waals surface area contributed by atoms with Crippen LogP contribution in [0.4, 0.5) is 9.59 Å². The highest BCUT2D eigenvalue weighted by Gasteiger charge is 2.29. The molecule has 4 amide bonds. The van der Waals surface area contributed by atoms with Gasteiger partial charge in [-0.3, -0.25) is 24.0 Å². The fourth-order valence-electron chi connectivity index (χ4n) is 9.03. The Bertz CT molecular complexity index is 1410. The molecule has 17 heteroatoms. The van der Waals surface area contributed by atoms with Gasteiger partial charge in [-0.25, -0.2) is 9.59 Å². The molecular weight excluding hydrogens is 965 g/mol. The van der Waals surface area contributed by atoms with E-state index in [0.29, 0.717) is 31.0 Å². The number of carbonyl (C=O) groups is 7. The first-order valence-electron chi connectivity index (χ1n) is 29.5. The maximum Gasteiger partial charge on any atom is 0.407 e. The summed E-state index contributed by atoms with van der Waals surface area (Å²) in [6, 6.07) is 0. The molecule has 2 unspecified atom stereocenters. The zero-order valence-electron chi connectivity index (χ0n) is 46.5. The first-order valence-corrected chi connectivity index (χ1v) is 30.7. The van der Waals surface area contributed by atoms with Crippen molar-refractivity contribution in [2.45, 2.75) is 264 Å². The van der Waals surface area contributed by atoms with Crippen molar-refractivity contribution in [3.8, 4) is 0 Å². The molecule has 74 heavy (non-hydrogen) atoms. The van der Waals surface area contributed by atoms with Crippen LogP contribution in [0, 0.1) is 11.8 Å². The lowest BCUT2D eigenvalue weighted by molar-refractivity contribution is -0.146. The zero-order valence-corrected chi connectivity index (χ0v) is 47.3. The number of hydrogen-bond donors (Lipinski definition) is 7. The summed E-state index contributed by atoms with van der Waals surface area (Å²) in [7, 11) is 0. The van der Waals surface area contributed by atoms with E-state index in [-0.39, 0.29) is 76.5 Å². The van der Waals surface area contributed by atoms with E-state index < -0.39 is 48.0 Å². The monoisotopic (exact) mass is 1070 g/mol. The molecule has 0 aliphatic rings. The van der Waals surface area contributed by atoms with Gasteiger partial charge in [-0.2, -0.15) is 11.8 Å². The number of unbranched alkanes of at least 4 members (excludes halogenated alkanes) is 28. The molecule has 0 heterocycles. The molecule has 0 spiro atoms. The molecule has 0 aliphatic heterocycles. The summed E-state index contributed by atoms with van der Waals surface area (Å²) < 4.78 is 11.0. The smallest absolute Gasteiger partial charge is 0.407 e. The Morgan fingerprint density at radius 1 is 0.419 bits per heavy atom. The Hall–Kier alpha value is -3.76. The van der Waals surface area contributed by atoms with Gasteiger partial charge in [-0.1, -0.05) is 194 Å². The number of alkyl carbamates (subject to hydrolysis) is 2. The Labute approximate surface area is 451 Å². The molecule has 16 nitrogen and oxygen atoms in total.